The van der Waals surface area contributed by atoms with Crippen molar-refractivity contribution in [3.63, 3.8) is 0 Å². The van der Waals surface area contributed by atoms with E-state index in [-0.39, 0.29) is 30.7 Å². The number of nitrogens with one attached hydrogen (secondary N) is 3. The van der Waals surface area contributed by atoms with Gasteiger partial charge in [-0.25, -0.2) is 18.7 Å². The molecule has 1 aromatic carbocycles. The van der Waals surface area contributed by atoms with Crippen LogP contribution >= 0.6 is 11.8 Å². The van der Waals surface area contributed by atoms with Crippen LogP contribution in [0, 0.1) is 11.6 Å². The molecular weight excluding hydrogens is 478 g/mol. The van der Waals surface area contributed by atoms with E-state index in [0.717, 1.165) is 42.1 Å². The van der Waals surface area contributed by atoms with E-state index in [4.69, 9.17) is 24.5 Å². The Balaban J connectivity index is 1.31. The number of benzene rings is 1. The number of thioether (sulfide) groups is 1. The van der Waals surface area contributed by atoms with E-state index in [0.29, 0.717) is 30.8 Å². The normalized spacial score (nSPS) is 25.0. The fourth-order valence-corrected chi connectivity index (χ4v) is 5.11. The zero-order valence-corrected chi connectivity index (χ0v) is 20.3. The molecule has 0 radical (unpaired) electrons. The fraction of sp³-hybridized carbons (Fsp3) is 0.565. The van der Waals surface area contributed by atoms with Gasteiger partial charge in [-0.05, 0) is 30.5 Å². The molecule has 0 bridgehead atoms. The maximum Gasteiger partial charge on any atom is 0.191 e. The second-order valence-electron chi connectivity index (χ2n) is 8.92. The minimum absolute atomic E-state index is 0.00994. The Morgan fingerprint density at radius 1 is 1.29 bits per heavy atom. The highest BCUT2D eigenvalue weighted by atomic mass is 32.2. The monoisotopic (exact) mass is 508 g/mol. The number of rotatable bonds is 11. The first-order valence-electron chi connectivity index (χ1n) is 11.9. The first-order chi connectivity index (χ1) is 17.1. The third-order valence-electron chi connectivity index (χ3n) is 6.28. The number of halogens is 2. The van der Waals surface area contributed by atoms with Crippen molar-refractivity contribution in [1.82, 2.24) is 15.5 Å². The number of aliphatic hydroxyl groups excluding tert-OH is 1. The molecule has 9 nitrogen and oxygen atoms in total. The summed E-state index contributed by atoms with van der Waals surface area (Å²) >= 11 is 1.60. The number of anilines is 3. The van der Waals surface area contributed by atoms with Crippen molar-refractivity contribution >= 4 is 29.1 Å². The van der Waals surface area contributed by atoms with Gasteiger partial charge in [-0.1, -0.05) is 24.8 Å². The van der Waals surface area contributed by atoms with Gasteiger partial charge in [-0.3, -0.25) is 10.4 Å². The summed E-state index contributed by atoms with van der Waals surface area (Å²) in [6.45, 7) is 3.35. The predicted octanol–water partition coefficient (Wildman–Crippen LogP) is 3.04. The van der Waals surface area contributed by atoms with E-state index in [9.17, 15) is 8.78 Å². The number of nitrogens with zero attached hydrogens (tertiary/aromatic N) is 3. The zero-order chi connectivity index (χ0) is 24.4. The van der Waals surface area contributed by atoms with Crippen LogP contribution in [0.15, 0.2) is 23.4 Å². The van der Waals surface area contributed by atoms with Gasteiger partial charge >= 0.3 is 0 Å². The molecular formula is C23H30F2N6O3S. The highest BCUT2D eigenvalue weighted by molar-refractivity contribution is 7.99. The molecule has 2 aromatic rings. The van der Waals surface area contributed by atoms with E-state index < -0.39 is 11.6 Å². The summed E-state index contributed by atoms with van der Waals surface area (Å²) in [4.78, 5) is 9.56. The van der Waals surface area contributed by atoms with Gasteiger partial charge in [0.1, 0.15) is 5.69 Å². The molecule has 3 aliphatic rings. The highest BCUT2D eigenvalue weighted by Gasteiger charge is 2.41. The van der Waals surface area contributed by atoms with Gasteiger partial charge in [0.15, 0.2) is 28.4 Å². The summed E-state index contributed by atoms with van der Waals surface area (Å²) in [5, 5.41) is 15.1. The van der Waals surface area contributed by atoms with Crippen LogP contribution in [0.2, 0.25) is 0 Å². The summed E-state index contributed by atoms with van der Waals surface area (Å²) in [6.07, 6.45) is 2.52. The Hall–Kier alpha value is -2.25. The van der Waals surface area contributed by atoms with Gasteiger partial charge in [0, 0.05) is 24.1 Å². The molecule has 5 rings (SSSR count). The largest absolute Gasteiger partial charge is 0.394 e. The molecule has 12 heteroatoms. The average Bonchev–Trinajstić information content (AvgIpc) is 3.24. The van der Waals surface area contributed by atoms with Crippen LogP contribution in [-0.4, -0.2) is 65.4 Å². The van der Waals surface area contributed by atoms with Crippen molar-refractivity contribution in [2.75, 3.05) is 47.9 Å². The lowest BCUT2D eigenvalue weighted by Crippen LogP contribution is -2.45. The number of aromatic nitrogens is 2. The Labute approximate surface area is 206 Å². The zero-order valence-electron chi connectivity index (χ0n) is 19.5. The number of hydrogen-bond donors (Lipinski definition) is 4. The van der Waals surface area contributed by atoms with Crippen LogP contribution in [-0.2, 0) is 9.47 Å². The molecule has 35 heavy (non-hydrogen) atoms. The van der Waals surface area contributed by atoms with Crippen molar-refractivity contribution in [3.8, 4) is 0 Å². The lowest BCUT2D eigenvalue weighted by atomic mass is 10.1. The molecule has 4 atom stereocenters. The van der Waals surface area contributed by atoms with Crippen molar-refractivity contribution in [2.24, 2.45) is 0 Å². The number of hydrogen-bond acceptors (Lipinski definition) is 10. The van der Waals surface area contributed by atoms with E-state index in [1.807, 2.05) is 5.01 Å². The SMILES string of the molecule is CCCSc1nc(N[C@@H]2C[C@H]2c2ccc(F)c(F)c2)c2c(n1)N([C@H]1CO[C@@H](COCCO)C1)NN2. The van der Waals surface area contributed by atoms with Gasteiger partial charge < -0.3 is 19.9 Å². The Morgan fingerprint density at radius 3 is 2.97 bits per heavy atom. The molecule has 190 valence electrons. The molecule has 2 aliphatic heterocycles. The van der Waals surface area contributed by atoms with Crippen LogP contribution in [0.25, 0.3) is 0 Å². The summed E-state index contributed by atoms with van der Waals surface area (Å²) in [7, 11) is 0. The van der Waals surface area contributed by atoms with Crippen molar-refractivity contribution in [1.29, 1.82) is 0 Å². The first-order valence-corrected chi connectivity index (χ1v) is 12.9. The molecule has 0 unspecified atom stereocenters. The van der Waals surface area contributed by atoms with E-state index in [1.165, 1.54) is 12.1 Å². The molecule has 0 spiro atoms. The summed E-state index contributed by atoms with van der Waals surface area (Å²) in [5.74, 6) is 0.762. The van der Waals surface area contributed by atoms with Crippen molar-refractivity contribution < 1.29 is 23.4 Å². The predicted molar refractivity (Wildman–Crippen MR) is 129 cm³/mol. The number of ether oxygens (including phenoxy) is 2. The Morgan fingerprint density at radius 2 is 2.17 bits per heavy atom. The molecule has 1 aliphatic carbocycles. The maximum absolute atomic E-state index is 13.7. The van der Waals surface area contributed by atoms with Crippen molar-refractivity contribution in [3.05, 3.63) is 35.4 Å². The lowest BCUT2D eigenvalue weighted by molar-refractivity contribution is 0.00582. The van der Waals surface area contributed by atoms with Crippen LogP contribution < -0.4 is 21.3 Å². The number of hydrazine groups is 2. The molecule has 3 heterocycles. The van der Waals surface area contributed by atoms with Crippen molar-refractivity contribution in [2.45, 2.75) is 55.4 Å². The third-order valence-corrected chi connectivity index (χ3v) is 7.34. The molecule has 1 saturated carbocycles. The van der Waals surface area contributed by atoms with Gasteiger partial charge in [-0.2, -0.15) is 0 Å². The number of aliphatic hydroxyl groups is 1. The van der Waals surface area contributed by atoms with Crippen LogP contribution in [0.5, 0.6) is 0 Å². The van der Waals surface area contributed by atoms with Gasteiger partial charge in [0.25, 0.3) is 0 Å². The summed E-state index contributed by atoms with van der Waals surface area (Å²) < 4.78 is 38.4. The number of fused-ring (bicyclic) bond motifs is 1. The topological polar surface area (TPSA) is 104 Å². The maximum atomic E-state index is 13.7. The minimum Gasteiger partial charge on any atom is -0.394 e. The first kappa shape index (κ1) is 24.4. The molecule has 2 fully saturated rings. The fourth-order valence-electron chi connectivity index (χ4n) is 4.42. The second kappa shape index (κ2) is 10.8. The van der Waals surface area contributed by atoms with Gasteiger partial charge in [-0.15, -0.1) is 5.53 Å². The standard InChI is InChI=1S/C23H30F2N6O3S/c1-2-7-35-23-27-21(26-19-10-16(19)13-3-4-17(24)18(25)8-13)20-22(28-23)31(30-29-20)14-9-15(34-11-14)12-33-6-5-32/h3-4,8,14-16,19,29-30,32H,2,5-7,9-12H2,1H3,(H,26,27,28)/t14-,15-,16+,19-/m1/s1. The van der Waals surface area contributed by atoms with Gasteiger partial charge in [0.05, 0.1) is 38.6 Å². The Bertz CT molecular complexity index is 1050. The lowest BCUT2D eigenvalue weighted by Gasteiger charge is -2.23. The summed E-state index contributed by atoms with van der Waals surface area (Å²) in [5.41, 5.74) is 7.93. The quantitative estimate of drug-likeness (QED) is 0.206. The molecule has 1 aromatic heterocycles. The highest BCUT2D eigenvalue weighted by Crippen LogP contribution is 2.45. The third kappa shape index (κ3) is 5.46. The van der Waals surface area contributed by atoms with Crippen LogP contribution in [0.3, 0.4) is 0 Å². The second-order valence-corrected chi connectivity index (χ2v) is 9.98. The van der Waals surface area contributed by atoms with Gasteiger partial charge in [0.2, 0.25) is 0 Å². The average molecular weight is 509 g/mol. The summed E-state index contributed by atoms with van der Waals surface area (Å²) in [6, 6.07) is 4.21. The molecule has 4 N–H and O–H groups in total. The van der Waals surface area contributed by atoms with E-state index >= 15 is 0 Å². The Kier molecular flexibility index (Phi) is 7.54. The minimum atomic E-state index is -0.835. The van der Waals surface area contributed by atoms with Crippen LogP contribution in [0.1, 0.15) is 37.7 Å². The van der Waals surface area contributed by atoms with E-state index in [2.05, 4.69) is 23.2 Å². The van der Waals surface area contributed by atoms with E-state index in [1.54, 1.807) is 17.8 Å². The smallest absolute Gasteiger partial charge is 0.191 e. The molecule has 0 amide bonds. The van der Waals surface area contributed by atoms with Crippen LogP contribution in [0.4, 0.5) is 26.1 Å². The molecule has 1 saturated heterocycles.